The fraction of sp³-hybridized carbons (Fsp3) is 0.643. The average Bonchev–Trinajstić information content (AvgIpc) is 2.29. The molecular weight excluding hydrogens is 198 g/mol. The number of hydrogen-bond donors (Lipinski definition) is 1. The highest BCUT2D eigenvalue weighted by molar-refractivity contribution is 5.24. The summed E-state index contributed by atoms with van der Waals surface area (Å²) < 4.78 is 0. The standard InChI is InChI=1S/C14H21NO/c1-10-8-9-13(11(2)15-10)14(16)12-6-4-3-5-7-12/h8-9,12,14,16H,3-7H2,1-2H3. The minimum Gasteiger partial charge on any atom is -0.388 e. The van der Waals surface area contributed by atoms with E-state index in [1.165, 1.54) is 19.3 Å². The van der Waals surface area contributed by atoms with Crippen LogP contribution >= 0.6 is 0 Å². The number of aliphatic hydroxyl groups is 1. The van der Waals surface area contributed by atoms with E-state index in [-0.39, 0.29) is 6.10 Å². The third-order valence-corrected chi connectivity index (χ3v) is 3.68. The number of aromatic nitrogens is 1. The summed E-state index contributed by atoms with van der Waals surface area (Å²) in [5, 5.41) is 10.4. The van der Waals surface area contributed by atoms with Crippen LogP contribution in [0.4, 0.5) is 0 Å². The first-order chi connectivity index (χ1) is 7.68. The van der Waals surface area contributed by atoms with E-state index in [0.29, 0.717) is 5.92 Å². The topological polar surface area (TPSA) is 33.1 Å². The molecule has 0 aromatic carbocycles. The Hall–Kier alpha value is -0.890. The summed E-state index contributed by atoms with van der Waals surface area (Å²) in [6, 6.07) is 4.03. The lowest BCUT2D eigenvalue weighted by Crippen LogP contribution is -2.17. The van der Waals surface area contributed by atoms with E-state index in [2.05, 4.69) is 4.98 Å². The molecule has 1 heterocycles. The molecule has 0 radical (unpaired) electrons. The summed E-state index contributed by atoms with van der Waals surface area (Å²) >= 11 is 0. The van der Waals surface area contributed by atoms with Gasteiger partial charge in [-0.15, -0.1) is 0 Å². The second-order valence-electron chi connectivity index (χ2n) is 4.97. The van der Waals surface area contributed by atoms with Crippen LogP contribution in [0.3, 0.4) is 0 Å². The first kappa shape index (κ1) is 11.6. The highest BCUT2D eigenvalue weighted by Gasteiger charge is 2.24. The third kappa shape index (κ3) is 2.43. The van der Waals surface area contributed by atoms with E-state index in [4.69, 9.17) is 0 Å². The summed E-state index contributed by atoms with van der Waals surface area (Å²) in [5.41, 5.74) is 3.03. The maximum atomic E-state index is 10.4. The highest BCUT2D eigenvalue weighted by Crippen LogP contribution is 2.35. The number of hydrogen-bond acceptors (Lipinski definition) is 2. The Balaban J connectivity index is 2.15. The van der Waals surface area contributed by atoms with Gasteiger partial charge in [-0.2, -0.15) is 0 Å². The van der Waals surface area contributed by atoms with Crippen LogP contribution in [0.25, 0.3) is 0 Å². The minimum absolute atomic E-state index is 0.312. The molecule has 1 fully saturated rings. The molecule has 0 spiro atoms. The molecule has 0 saturated heterocycles. The molecule has 1 unspecified atom stereocenters. The van der Waals surface area contributed by atoms with Gasteiger partial charge in [-0.1, -0.05) is 25.3 Å². The Kier molecular flexibility index (Phi) is 3.59. The van der Waals surface area contributed by atoms with Crippen molar-refractivity contribution >= 4 is 0 Å². The van der Waals surface area contributed by atoms with Crippen molar-refractivity contribution in [2.75, 3.05) is 0 Å². The van der Waals surface area contributed by atoms with E-state index in [1.807, 2.05) is 26.0 Å². The zero-order valence-corrected chi connectivity index (χ0v) is 10.2. The van der Waals surface area contributed by atoms with Crippen molar-refractivity contribution in [2.45, 2.75) is 52.1 Å². The summed E-state index contributed by atoms with van der Waals surface area (Å²) in [4.78, 5) is 4.43. The fourth-order valence-corrected chi connectivity index (χ4v) is 2.71. The van der Waals surface area contributed by atoms with Crippen molar-refractivity contribution < 1.29 is 5.11 Å². The number of aliphatic hydroxyl groups excluding tert-OH is 1. The van der Waals surface area contributed by atoms with Gasteiger partial charge in [-0.05, 0) is 38.7 Å². The Labute approximate surface area is 97.7 Å². The van der Waals surface area contributed by atoms with Crippen molar-refractivity contribution in [2.24, 2.45) is 5.92 Å². The van der Waals surface area contributed by atoms with Crippen LogP contribution in [0.2, 0.25) is 0 Å². The molecule has 1 aliphatic rings. The highest BCUT2D eigenvalue weighted by atomic mass is 16.3. The monoisotopic (exact) mass is 219 g/mol. The third-order valence-electron chi connectivity index (χ3n) is 3.68. The van der Waals surface area contributed by atoms with Crippen molar-refractivity contribution in [3.63, 3.8) is 0 Å². The van der Waals surface area contributed by atoms with Crippen LogP contribution in [0.15, 0.2) is 12.1 Å². The van der Waals surface area contributed by atoms with Crippen molar-refractivity contribution in [1.82, 2.24) is 4.98 Å². The van der Waals surface area contributed by atoms with E-state index < -0.39 is 0 Å². The molecule has 1 atom stereocenters. The van der Waals surface area contributed by atoms with Crippen LogP contribution in [0.5, 0.6) is 0 Å². The molecule has 2 nitrogen and oxygen atoms in total. The fourth-order valence-electron chi connectivity index (χ4n) is 2.71. The lowest BCUT2D eigenvalue weighted by Gasteiger charge is -2.27. The quantitative estimate of drug-likeness (QED) is 0.827. The molecule has 2 rings (SSSR count). The zero-order chi connectivity index (χ0) is 11.5. The Morgan fingerprint density at radius 2 is 1.88 bits per heavy atom. The van der Waals surface area contributed by atoms with E-state index in [0.717, 1.165) is 29.8 Å². The first-order valence-corrected chi connectivity index (χ1v) is 6.30. The number of rotatable bonds is 2. The lowest BCUT2D eigenvalue weighted by atomic mass is 9.82. The molecule has 16 heavy (non-hydrogen) atoms. The molecule has 0 amide bonds. The van der Waals surface area contributed by atoms with Gasteiger partial charge >= 0.3 is 0 Å². The molecule has 2 heteroatoms. The number of nitrogens with zero attached hydrogens (tertiary/aromatic N) is 1. The van der Waals surface area contributed by atoms with Crippen LogP contribution < -0.4 is 0 Å². The average molecular weight is 219 g/mol. The Morgan fingerprint density at radius 1 is 1.19 bits per heavy atom. The van der Waals surface area contributed by atoms with Gasteiger partial charge in [0, 0.05) is 17.0 Å². The van der Waals surface area contributed by atoms with Crippen molar-refractivity contribution in [3.8, 4) is 0 Å². The van der Waals surface area contributed by atoms with Gasteiger partial charge in [0.1, 0.15) is 0 Å². The van der Waals surface area contributed by atoms with Gasteiger partial charge in [0.25, 0.3) is 0 Å². The normalized spacial score (nSPS) is 19.7. The minimum atomic E-state index is -0.312. The smallest absolute Gasteiger partial charge is 0.0835 e. The van der Waals surface area contributed by atoms with Crippen LogP contribution in [-0.2, 0) is 0 Å². The summed E-state index contributed by atoms with van der Waals surface area (Å²) in [5.74, 6) is 0.442. The predicted molar refractivity (Wildman–Crippen MR) is 65.2 cm³/mol. The molecule has 1 aliphatic carbocycles. The predicted octanol–water partition coefficient (Wildman–Crippen LogP) is 3.31. The van der Waals surface area contributed by atoms with Gasteiger partial charge in [0.05, 0.1) is 6.10 Å². The number of pyridine rings is 1. The van der Waals surface area contributed by atoms with E-state index in [9.17, 15) is 5.11 Å². The van der Waals surface area contributed by atoms with E-state index in [1.54, 1.807) is 0 Å². The molecule has 1 aromatic rings. The second-order valence-corrected chi connectivity index (χ2v) is 4.97. The maximum Gasteiger partial charge on any atom is 0.0835 e. The largest absolute Gasteiger partial charge is 0.388 e. The van der Waals surface area contributed by atoms with Crippen molar-refractivity contribution in [3.05, 3.63) is 29.1 Å². The van der Waals surface area contributed by atoms with E-state index >= 15 is 0 Å². The van der Waals surface area contributed by atoms with Gasteiger partial charge in [0.15, 0.2) is 0 Å². The first-order valence-electron chi connectivity index (χ1n) is 6.30. The maximum absolute atomic E-state index is 10.4. The summed E-state index contributed by atoms with van der Waals surface area (Å²) in [6.45, 7) is 3.98. The molecule has 88 valence electrons. The van der Waals surface area contributed by atoms with Gasteiger partial charge in [-0.25, -0.2) is 0 Å². The lowest BCUT2D eigenvalue weighted by molar-refractivity contribution is 0.0839. The zero-order valence-electron chi connectivity index (χ0n) is 10.2. The number of aryl methyl sites for hydroxylation is 2. The van der Waals surface area contributed by atoms with Gasteiger partial charge in [0.2, 0.25) is 0 Å². The molecule has 1 saturated carbocycles. The summed E-state index contributed by atoms with van der Waals surface area (Å²) in [6.07, 6.45) is 5.87. The Morgan fingerprint density at radius 3 is 2.50 bits per heavy atom. The van der Waals surface area contributed by atoms with Crippen LogP contribution in [0, 0.1) is 19.8 Å². The molecule has 1 aromatic heterocycles. The molecule has 1 N–H and O–H groups in total. The molecule has 0 bridgehead atoms. The van der Waals surface area contributed by atoms with Crippen LogP contribution in [-0.4, -0.2) is 10.1 Å². The van der Waals surface area contributed by atoms with Gasteiger partial charge < -0.3 is 5.11 Å². The summed E-state index contributed by atoms with van der Waals surface area (Å²) in [7, 11) is 0. The van der Waals surface area contributed by atoms with Gasteiger partial charge in [-0.3, -0.25) is 4.98 Å². The Bertz CT molecular complexity index is 356. The van der Waals surface area contributed by atoms with Crippen LogP contribution in [0.1, 0.15) is 55.2 Å². The molecule has 0 aliphatic heterocycles. The molecular formula is C14H21NO. The second kappa shape index (κ2) is 4.96. The van der Waals surface area contributed by atoms with Crippen molar-refractivity contribution in [1.29, 1.82) is 0 Å². The SMILES string of the molecule is Cc1ccc(C(O)C2CCCCC2)c(C)n1.